The molecule has 0 aliphatic heterocycles. The molecule has 0 fully saturated rings. The van der Waals surface area contributed by atoms with E-state index in [1.807, 2.05) is 30.3 Å². The molecule has 0 radical (unpaired) electrons. The van der Waals surface area contributed by atoms with E-state index >= 15 is 0 Å². The average molecular weight is 334 g/mol. The summed E-state index contributed by atoms with van der Waals surface area (Å²) in [6.45, 7) is 0. The molecule has 0 aromatic carbocycles. The molecule has 1 aromatic rings. The Kier molecular flexibility index (Phi) is 8.06. The van der Waals surface area contributed by atoms with Crippen LogP contribution in [-0.2, 0) is 0 Å². The Labute approximate surface area is 145 Å². The van der Waals surface area contributed by atoms with E-state index in [2.05, 4.69) is 4.98 Å². The summed E-state index contributed by atoms with van der Waals surface area (Å²) in [5.41, 5.74) is 1.39. The van der Waals surface area contributed by atoms with E-state index in [4.69, 9.17) is 32.6 Å². The van der Waals surface area contributed by atoms with Gasteiger partial charge < -0.3 is 0 Å². The summed E-state index contributed by atoms with van der Waals surface area (Å²) >= 11 is 6.09. The van der Waals surface area contributed by atoms with E-state index in [0.717, 1.165) is 0 Å². The SMILES string of the molecule is N#CC(C#N)=CC1=C(Cl)C(=CC(C#N)C#N)CC1.c1ccncc1. The molecule has 0 N–H and O–H groups in total. The van der Waals surface area contributed by atoms with Gasteiger partial charge in [0.15, 0.2) is 5.92 Å². The molecule has 0 bridgehead atoms. The highest BCUT2D eigenvalue weighted by molar-refractivity contribution is 6.33. The summed E-state index contributed by atoms with van der Waals surface area (Å²) in [4.78, 5) is 3.78. The maximum absolute atomic E-state index is 8.69. The van der Waals surface area contributed by atoms with Crippen molar-refractivity contribution in [2.45, 2.75) is 12.8 Å². The van der Waals surface area contributed by atoms with Crippen LogP contribution in [0, 0.1) is 51.2 Å². The quantitative estimate of drug-likeness (QED) is 0.762. The zero-order valence-corrected chi connectivity index (χ0v) is 13.4. The fourth-order valence-corrected chi connectivity index (χ4v) is 2.17. The smallest absolute Gasteiger partial charge is 0.152 e. The molecule has 0 unspecified atom stereocenters. The minimum Gasteiger partial charge on any atom is -0.265 e. The van der Waals surface area contributed by atoms with Crippen LogP contribution in [0.25, 0.3) is 0 Å². The van der Waals surface area contributed by atoms with Crippen LogP contribution in [0.3, 0.4) is 0 Å². The van der Waals surface area contributed by atoms with Crippen LogP contribution >= 0.6 is 11.6 Å². The summed E-state index contributed by atoms with van der Waals surface area (Å²) in [7, 11) is 0. The Hall–Kier alpha value is -3.38. The van der Waals surface area contributed by atoms with Crippen molar-refractivity contribution in [3.8, 4) is 24.3 Å². The van der Waals surface area contributed by atoms with Crippen LogP contribution in [0.5, 0.6) is 0 Å². The molecular weight excluding hydrogens is 322 g/mol. The van der Waals surface area contributed by atoms with Gasteiger partial charge in [0.05, 0.1) is 12.1 Å². The molecule has 24 heavy (non-hydrogen) atoms. The second-order valence-corrected chi connectivity index (χ2v) is 4.95. The van der Waals surface area contributed by atoms with Crippen molar-refractivity contribution in [1.82, 2.24) is 4.98 Å². The first-order valence-corrected chi connectivity index (χ1v) is 7.29. The molecule has 0 amide bonds. The van der Waals surface area contributed by atoms with Crippen LogP contribution < -0.4 is 0 Å². The van der Waals surface area contributed by atoms with Crippen LogP contribution in [0.1, 0.15) is 12.8 Å². The molecule has 5 nitrogen and oxygen atoms in total. The second-order valence-electron chi connectivity index (χ2n) is 4.57. The molecular formula is C18H12ClN5. The van der Waals surface area contributed by atoms with Crippen molar-refractivity contribution in [3.05, 3.63) is 64.5 Å². The van der Waals surface area contributed by atoms with Crippen molar-refractivity contribution in [3.63, 3.8) is 0 Å². The van der Waals surface area contributed by atoms with Crippen molar-refractivity contribution in [2.75, 3.05) is 0 Å². The summed E-state index contributed by atoms with van der Waals surface area (Å²) in [5.74, 6) is -0.830. The van der Waals surface area contributed by atoms with E-state index in [1.165, 1.54) is 12.2 Å². The highest BCUT2D eigenvalue weighted by atomic mass is 35.5. The van der Waals surface area contributed by atoms with Crippen molar-refractivity contribution in [2.24, 2.45) is 5.92 Å². The summed E-state index contributed by atoms with van der Waals surface area (Å²) in [6, 6.07) is 12.9. The molecule has 0 atom stereocenters. The van der Waals surface area contributed by atoms with E-state index in [1.54, 1.807) is 24.5 Å². The number of nitrogens with zero attached hydrogens (tertiary/aromatic N) is 5. The largest absolute Gasteiger partial charge is 0.265 e. The molecule has 1 aliphatic rings. The second kappa shape index (κ2) is 10.4. The predicted octanol–water partition coefficient (Wildman–Crippen LogP) is 3.92. The summed E-state index contributed by atoms with van der Waals surface area (Å²) in [6.07, 6.45) is 7.66. The topological polar surface area (TPSA) is 108 Å². The van der Waals surface area contributed by atoms with Gasteiger partial charge in [-0.3, -0.25) is 4.98 Å². The average Bonchev–Trinajstić information content (AvgIpc) is 2.99. The Balaban J connectivity index is 0.000000400. The Morgan fingerprint density at radius 1 is 1.04 bits per heavy atom. The van der Waals surface area contributed by atoms with Crippen LogP contribution in [0.4, 0.5) is 0 Å². The van der Waals surface area contributed by atoms with Crippen LogP contribution in [0.2, 0.25) is 0 Å². The predicted molar refractivity (Wildman–Crippen MR) is 88.5 cm³/mol. The summed E-state index contributed by atoms with van der Waals surface area (Å²) < 4.78 is 0. The molecule has 6 heteroatoms. The molecule has 0 saturated carbocycles. The van der Waals surface area contributed by atoms with Gasteiger partial charge in [-0.15, -0.1) is 0 Å². The lowest BCUT2D eigenvalue weighted by Crippen LogP contribution is -1.89. The van der Waals surface area contributed by atoms with Gasteiger partial charge in [0, 0.05) is 17.4 Å². The number of hydrogen-bond acceptors (Lipinski definition) is 5. The minimum atomic E-state index is -0.830. The number of nitriles is 4. The fraction of sp³-hybridized carbons (Fsp3) is 0.167. The molecule has 2 rings (SSSR count). The molecule has 1 aliphatic carbocycles. The van der Waals surface area contributed by atoms with Crippen LogP contribution in [0.15, 0.2) is 64.5 Å². The number of pyridine rings is 1. The first kappa shape index (κ1) is 18.7. The van der Waals surface area contributed by atoms with Gasteiger partial charge in [0.2, 0.25) is 0 Å². The number of halogens is 1. The molecule has 1 heterocycles. The number of rotatable bonds is 2. The van der Waals surface area contributed by atoms with Crippen molar-refractivity contribution >= 4 is 11.6 Å². The Bertz CT molecular complexity index is 767. The molecule has 0 saturated heterocycles. The Morgan fingerprint density at radius 2 is 1.67 bits per heavy atom. The Morgan fingerprint density at radius 3 is 2.08 bits per heavy atom. The standard InChI is InChI=1S/C13H7ClN4.C5H5N/c14-13-11(3-9(5-15)6-16)1-2-12(13)4-10(7-17)8-18;1-2-4-6-5-3-1/h3-4,9H,1-2H2;1-5H. The number of allylic oxidation sites excluding steroid dienone is 6. The highest BCUT2D eigenvalue weighted by Gasteiger charge is 2.18. The minimum absolute atomic E-state index is 0.0125. The molecule has 1 aromatic heterocycles. The maximum atomic E-state index is 8.69. The maximum Gasteiger partial charge on any atom is 0.152 e. The number of hydrogen-bond donors (Lipinski definition) is 0. The lowest BCUT2D eigenvalue weighted by Gasteiger charge is -1.97. The van der Waals surface area contributed by atoms with Crippen LogP contribution in [-0.4, -0.2) is 4.98 Å². The third-order valence-corrected chi connectivity index (χ3v) is 3.48. The summed E-state index contributed by atoms with van der Waals surface area (Å²) in [5, 5.41) is 35.1. The normalized spacial score (nSPS) is 13.8. The van der Waals surface area contributed by atoms with E-state index < -0.39 is 5.92 Å². The molecule has 0 spiro atoms. The zero-order valence-electron chi connectivity index (χ0n) is 12.6. The van der Waals surface area contributed by atoms with Gasteiger partial charge >= 0.3 is 0 Å². The first-order valence-electron chi connectivity index (χ1n) is 6.92. The van der Waals surface area contributed by atoms with E-state index in [0.29, 0.717) is 29.0 Å². The van der Waals surface area contributed by atoms with Gasteiger partial charge in [0.25, 0.3) is 0 Å². The van der Waals surface area contributed by atoms with Gasteiger partial charge in [0.1, 0.15) is 17.7 Å². The van der Waals surface area contributed by atoms with Gasteiger partial charge in [-0.25, -0.2) is 0 Å². The third kappa shape index (κ3) is 5.78. The van der Waals surface area contributed by atoms with E-state index in [9.17, 15) is 0 Å². The first-order chi connectivity index (χ1) is 11.7. The molecule has 116 valence electrons. The van der Waals surface area contributed by atoms with Crippen molar-refractivity contribution in [1.29, 1.82) is 21.0 Å². The highest BCUT2D eigenvalue weighted by Crippen LogP contribution is 2.36. The van der Waals surface area contributed by atoms with E-state index in [-0.39, 0.29) is 5.57 Å². The lowest BCUT2D eigenvalue weighted by molar-refractivity contribution is 0.996. The van der Waals surface area contributed by atoms with Gasteiger partial charge in [-0.2, -0.15) is 21.0 Å². The van der Waals surface area contributed by atoms with Gasteiger partial charge in [-0.1, -0.05) is 17.7 Å². The van der Waals surface area contributed by atoms with Crippen molar-refractivity contribution < 1.29 is 0 Å². The zero-order chi connectivity index (χ0) is 17.8. The number of aromatic nitrogens is 1. The fourth-order valence-electron chi connectivity index (χ4n) is 1.87. The van der Waals surface area contributed by atoms with Gasteiger partial charge in [-0.05, 0) is 48.3 Å². The third-order valence-electron chi connectivity index (χ3n) is 3.00. The lowest BCUT2D eigenvalue weighted by atomic mass is 10.1. The monoisotopic (exact) mass is 333 g/mol.